The lowest BCUT2D eigenvalue weighted by molar-refractivity contribution is -0.142. The van der Waals surface area contributed by atoms with Gasteiger partial charge in [-0.25, -0.2) is 0 Å². The van der Waals surface area contributed by atoms with Crippen molar-refractivity contribution in [3.63, 3.8) is 0 Å². The Morgan fingerprint density at radius 2 is 1.38 bits per heavy atom. The largest absolute Gasteiger partial charge is 0.352 e. The van der Waals surface area contributed by atoms with Gasteiger partial charge in [0.2, 0.25) is 17.7 Å². The Balaban J connectivity index is 4.79. The SMILES string of the molecule is CCCN(CC(=O)NC(C)C)C(=O)CN(CCC)C(=O)CCCC(C)C. The van der Waals surface area contributed by atoms with Crippen LogP contribution in [0.4, 0.5) is 0 Å². The van der Waals surface area contributed by atoms with E-state index in [1.807, 2.05) is 27.7 Å². The summed E-state index contributed by atoms with van der Waals surface area (Å²) in [4.78, 5) is 40.4. The lowest BCUT2D eigenvalue weighted by atomic mass is 10.1. The summed E-state index contributed by atoms with van der Waals surface area (Å²) < 4.78 is 0. The molecule has 0 saturated carbocycles. The molecule has 0 aliphatic heterocycles. The average Bonchev–Trinajstić information content (AvgIpc) is 2.52. The van der Waals surface area contributed by atoms with E-state index in [0.29, 0.717) is 25.4 Å². The van der Waals surface area contributed by atoms with Crippen molar-refractivity contribution in [1.29, 1.82) is 0 Å². The van der Waals surface area contributed by atoms with Crippen molar-refractivity contribution in [2.75, 3.05) is 26.2 Å². The van der Waals surface area contributed by atoms with Crippen molar-refractivity contribution >= 4 is 17.7 Å². The molecule has 0 aromatic heterocycles. The first kappa shape index (κ1) is 24.4. The fourth-order valence-electron chi connectivity index (χ4n) is 2.75. The van der Waals surface area contributed by atoms with E-state index in [-0.39, 0.29) is 36.9 Å². The van der Waals surface area contributed by atoms with Crippen molar-refractivity contribution < 1.29 is 14.4 Å². The molecule has 0 aromatic carbocycles. The molecule has 0 heterocycles. The maximum absolute atomic E-state index is 12.7. The number of nitrogens with one attached hydrogen (secondary N) is 1. The molecule has 0 rings (SSSR count). The molecule has 0 aliphatic carbocycles. The fraction of sp³-hybridized carbons (Fsp3) is 0.850. The predicted molar refractivity (Wildman–Crippen MR) is 106 cm³/mol. The molecule has 0 radical (unpaired) electrons. The van der Waals surface area contributed by atoms with Crippen LogP contribution in [0.2, 0.25) is 0 Å². The molecular weight excluding hydrogens is 330 g/mol. The van der Waals surface area contributed by atoms with Gasteiger partial charge in [-0.15, -0.1) is 0 Å². The van der Waals surface area contributed by atoms with Crippen molar-refractivity contribution in [3.05, 3.63) is 0 Å². The van der Waals surface area contributed by atoms with E-state index in [1.54, 1.807) is 9.80 Å². The number of nitrogens with zero attached hydrogens (tertiary/aromatic N) is 2. The minimum atomic E-state index is -0.160. The molecular formula is C20H39N3O3. The highest BCUT2D eigenvalue weighted by Crippen LogP contribution is 2.09. The molecule has 26 heavy (non-hydrogen) atoms. The van der Waals surface area contributed by atoms with Gasteiger partial charge in [0.25, 0.3) is 0 Å². The first-order valence-electron chi connectivity index (χ1n) is 10.1. The molecule has 0 unspecified atom stereocenters. The highest BCUT2D eigenvalue weighted by molar-refractivity contribution is 5.88. The van der Waals surface area contributed by atoms with Crippen LogP contribution in [0.3, 0.4) is 0 Å². The summed E-state index contributed by atoms with van der Waals surface area (Å²) in [5.41, 5.74) is 0. The van der Waals surface area contributed by atoms with Gasteiger partial charge in [0.05, 0.1) is 13.1 Å². The highest BCUT2D eigenvalue weighted by Gasteiger charge is 2.22. The summed E-state index contributed by atoms with van der Waals surface area (Å²) in [5.74, 6) is 0.288. The fourth-order valence-corrected chi connectivity index (χ4v) is 2.75. The van der Waals surface area contributed by atoms with Crippen LogP contribution in [0.25, 0.3) is 0 Å². The Bertz CT molecular complexity index is 436. The molecule has 0 aromatic rings. The molecule has 0 saturated heterocycles. The number of amides is 3. The quantitative estimate of drug-likeness (QED) is 0.543. The number of hydrogen-bond acceptors (Lipinski definition) is 3. The van der Waals surface area contributed by atoms with Gasteiger partial charge >= 0.3 is 0 Å². The second-order valence-electron chi connectivity index (χ2n) is 7.64. The zero-order valence-electron chi connectivity index (χ0n) is 17.6. The van der Waals surface area contributed by atoms with Crippen molar-refractivity contribution in [3.8, 4) is 0 Å². The lowest BCUT2D eigenvalue weighted by Gasteiger charge is -2.27. The monoisotopic (exact) mass is 369 g/mol. The van der Waals surface area contributed by atoms with E-state index in [1.165, 1.54) is 0 Å². The van der Waals surface area contributed by atoms with Crippen molar-refractivity contribution in [2.45, 2.75) is 79.7 Å². The summed E-state index contributed by atoms with van der Waals surface area (Å²) in [7, 11) is 0. The maximum atomic E-state index is 12.7. The highest BCUT2D eigenvalue weighted by atomic mass is 16.2. The van der Waals surface area contributed by atoms with E-state index in [2.05, 4.69) is 19.2 Å². The summed E-state index contributed by atoms with van der Waals surface area (Å²) in [6.07, 6.45) is 3.92. The Morgan fingerprint density at radius 1 is 0.846 bits per heavy atom. The van der Waals surface area contributed by atoms with E-state index in [4.69, 9.17) is 0 Å². The molecule has 0 fully saturated rings. The number of carbonyl (C=O) groups excluding carboxylic acids is 3. The zero-order valence-corrected chi connectivity index (χ0v) is 17.6. The van der Waals surface area contributed by atoms with Crippen LogP contribution >= 0.6 is 0 Å². The minimum absolute atomic E-state index is 0.0314. The third kappa shape index (κ3) is 11.1. The van der Waals surface area contributed by atoms with E-state index < -0.39 is 0 Å². The van der Waals surface area contributed by atoms with Crippen LogP contribution in [0, 0.1) is 5.92 Å². The third-order valence-electron chi connectivity index (χ3n) is 3.97. The molecule has 6 nitrogen and oxygen atoms in total. The smallest absolute Gasteiger partial charge is 0.242 e. The summed E-state index contributed by atoms with van der Waals surface area (Å²) in [6, 6.07) is 0.0419. The maximum Gasteiger partial charge on any atom is 0.242 e. The molecule has 0 bridgehead atoms. The van der Waals surface area contributed by atoms with Gasteiger partial charge in [-0.2, -0.15) is 0 Å². The topological polar surface area (TPSA) is 69.7 Å². The van der Waals surface area contributed by atoms with Crippen LogP contribution in [0.1, 0.15) is 73.6 Å². The van der Waals surface area contributed by atoms with Gasteiger partial charge in [0.1, 0.15) is 0 Å². The Labute approximate surface area is 159 Å². The molecule has 6 heteroatoms. The predicted octanol–water partition coefficient (Wildman–Crippen LogP) is 2.81. The van der Waals surface area contributed by atoms with Gasteiger partial charge in [0, 0.05) is 25.6 Å². The first-order chi connectivity index (χ1) is 12.2. The van der Waals surface area contributed by atoms with E-state index in [0.717, 1.165) is 25.7 Å². The van der Waals surface area contributed by atoms with Crippen LogP contribution in [0.5, 0.6) is 0 Å². The molecule has 152 valence electrons. The second kappa shape index (κ2) is 13.6. The lowest BCUT2D eigenvalue weighted by Crippen LogP contribution is -2.47. The van der Waals surface area contributed by atoms with Gasteiger partial charge in [-0.05, 0) is 39.0 Å². The molecule has 0 spiro atoms. The summed E-state index contributed by atoms with van der Waals surface area (Å²) in [5, 5.41) is 2.81. The third-order valence-corrected chi connectivity index (χ3v) is 3.97. The van der Waals surface area contributed by atoms with E-state index >= 15 is 0 Å². The first-order valence-corrected chi connectivity index (χ1v) is 10.1. The Hall–Kier alpha value is -1.59. The Kier molecular flexibility index (Phi) is 12.8. The number of carbonyl (C=O) groups is 3. The van der Waals surface area contributed by atoms with Crippen LogP contribution in [0.15, 0.2) is 0 Å². The molecule has 0 atom stereocenters. The van der Waals surface area contributed by atoms with Crippen LogP contribution < -0.4 is 5.32 Å². The normalized spacial score (nSPS) is 10.9. The average molecular weight is 370 g/mol. The summed E-state index contributed by atoms with van der Waals surface area (Å²) in [6.45, 7) is 13.2. The van der Waals surface area contributed by atoms with Gasteiger partial charge in [-0.1, -0.05) is 34.1 Å². The minimum Gasteiger partial charge on any atom is -0.352 e. The number of rotatable bonds is 13. The van der Waals surface area contributed by atoms with Crippen molar-refractivity contribution in [2.24, 2.45) is 5.92 Å². The van der Waals surface area contributed by atoms with Gasteiger partial charge < -0.3 is 15.1 Å². The molecule has 3 amide bonds. The molecule has 0 aliphatic rings. The standard InChI is InChI=1S/C20H39N3O3/c1-7-12-22(14-18(24)21-17(5)6)20(26)15-23(13-8-2)19(25)11-9-10-16(3)4/h16-17H,7-15H2,1-6H3,(H,21,24). The van der Waals surface area contributed by atoms with Crippen LogP contribution in [-0.4, -0.2) is 59.7 Å². The molecule has 1 N–H and O–H groups in total. The van der Waals surface area contributed by atoms with Crippen LogP contribution in [-0.2, 0) is 14.4 Å². The Morgan fingerprint density at radius 3 is 1.85 bits per heavy atom. The van der Waals surface area contributed by atoms with Gasteiger partial charge in [-0.3, -0.25) is 14.4 Å². The van der Waals surface area contributed by atoms with Crippen molar-refractivity contribution in [1.82, 2.24) is 15.1 Å². The van der Waals surface area contributed by atoms with Gasteiger partial charge in [0.15, 0.2) is 0 Å². The van der Waals surface area contributed by atoms with E-state index in [9.17, 15) is 14.4 Å². The number of hydrogen-bond donors (Lipinski definition) is 1. The second-order valence-corrected chi connectivity index (χ2v) is 7.64. The summed E-state index contributed by atoms with van der Waals surface area (Å²) >= 11 is 0. The zero-order chi connectivity index (χ0) is 20.1.